The molecule has 1 aromatic rings. The highest BCUT2D eigenvalue weighted by atomic mass is 32.2. The number of benzene rings is 1. The second-order valence-corrected chi connectivity index (χ2v) is 5.78. The molecule has 1 fully saturated rings. The predicted molar refractivity (Wildman–Crippen MR) is 67.1 cm³/mol. The van der Waals surface area contributed by atoms with E-state index in [1.165, 1.54) is 6.08 Å². The zero-order chi connectivity index (χ0) is 13.2. The largest absolute Gasteiger partial charge is 0.480 e. The molecule has 0 amide bonds. The third-order valence-electron chi connectivity index (χ3n) is 2.81. The van der Waals surface area contributed by atoms with Crippen LogP contribution in [0.2, 0.25) is 0 Å². The summed E-state index contributed by atoms with van der Waals surface area (Å²) in [6.07, 6.45) is 1.83. The topological polar surface area (TPSA) is 74.7 Å². The third kappa shape index (κ3) is 2.60. The van der Waals surface area contributed by atoms with Crippen molar-refractivity contribution >= 4 is 22.1 Å². The van der Waals surface area contributed by atoms with Gasteiger partial charge in [-0.1, -0.05) is 30.3 Å². The Kier molecular flexibility index (Phi) is 3.49. The minimum absolute atomic E-state index is 0.262. The first kappa shape index (κ1) is 12.8. The van der Waals surface area contributed by atoms with Crippen LogP contribution in [0, 0.1) is 0 Å². The van der Waals surface area contributed by atoms with Gasteiger partial charge in [-0.15, -0.1) is 0 Å². The van der Waals surface area contributed by atoms with Crippen LogP contribution in [0.5, 0.6) is 0 Å². The summed E-state index contributed by atoms with van der Waals surface area (Å²) in [7, 11) is -3.64. The summed E-state index contributed by atoms with van der Waals surface area (Å²) in [6.45, 7) is 0.262. The van der Waals surface area contributed by atoms with Crippen LogP contribution in [0.1, 0.15) is 12.0 Å². The quantitative estimate of drug-likeness (QED) is 0.888. The number of hydrogen-bond acceptors (Lipinski definition) is 3. The lowest BCUT2D eigenvalue weighted by molar-refractivity contribution is -0.144. The molecule has 5 nitrogen and oxygen atoms in total. The van der Waals surface area contributed by atoms with Gasteiger partial charge in [-0.05, 0) is 18.1 Å². The number of carbonyl (C=O) groups is 1. The van der Waals surface area contributed by atoms with Crippen molar-refractivity contribution in [3.63, 3.8) is 0 Å². The van der Waals surface area contributed by atoms with Crippen molar-refractivity contribution in [2.45, 2.75) is 12.5 Å². The maximum Gasteiger partial charge on any atom is 0.322 e. The summed E-state index contributed by atoms with van der Waals surface area (Å²) in [5, 5.41) is 9.88. The first-order valence-corrected chi connectivity index (χ1v) is 6.99. The number of carboxylic acid groups (broad SMARTS) is 1. The number of sulfonamides is 1. The van der Waals surface area contributed by atoms with Crippen molar-refractivity contribution in [2.75, 3.05) is 6.54 Å². The zero-order valence-corrected chi connectivity index (χ0v) is 10.4. The maximum absolute atomic E-state index is 11.9. The van der Waals surface area contributed by atoms with E-state index in [1.807, 2.05) is 6.07 Å². The molecule has 0 spiro atoms. The summed E-state index contributed by atoms with van der Waals surface area (Å²) in [4.78, 5) is 10.8. The molecule has 1 aliphatic heterocycles. The molecule has 1 aromatic carbocycles. The third-order valence-corrected chi connectivity index (χ3v) is 4.39. The van der Waals surface area contributed by atoms with Gasteiger partial charge in [0.05, 0.1) is 0 Å². The molecule has 0 saturated carbocycles. The van der Waals surface area contributed by atoms with E-state index in [9.17, 15) is 13.2 Å². The van der Waals surface area contributed by atoms with Crippen molar-refractivity contribution in [1.29, 1.82) is 0 Å². The molecule has 1 atom stereocenters. The average molecular weight is 267 g/mol. The number of rotatable bonds is 4. The molecule has 0 aromatic heterocycles. The van der Waals surface area contributed by atoms with Gasteiger partial charge < -0.3 is 5.11 Å². The summed E-state index contributed by atoms with van der Waals surface area (Å²) in [5.74, 6) is -1.10. The Morgan fingerprint density at radius 3 is 2.50 bits per heavy atom. The second kappa shape index (κ2) is 4.91. The van der Waals surface area contributed by atoms with Crippen LogP contribution in [0.25, 0.3) is 6.08 Å². The normalized spacial score (nSPS) is 20.8. The first-order valence-electron chi connectivity index (χ1n) is 5.48. The Bertz CT molecular complexity index is 565. The van der Waals surface area contributed by atoms with Gasteiger partial charge in [-0.25, -0.2) is 8.42 Å². The zero-order valence-electron chi connectivity index (χ0n) is 9.56. The molecular weight excluding hydrogens is 254 g/mol. The Morgan fingerprint density at radius 2 is 2.00 bits per heavy atom. The number of nitrogens with zero attached hydrogens (tertiary/aromatic N) is 1. The lowest BCUT2D eigenvalue weighted by Crippen LogP contribution is -2.54. The summed E-state index contributed by atoms with van der Waals surface area (Å²) >= 11 is 0. The van der Waals surface area contributed by atoms with E-state index < -0.39 is 22.0 Å². The minimum Gasteiger partial charge on any atom is -0.480 e. The SMILES string of the molecule is O=C(O)C1CCN1S(=O)(=O)/C=C/c1ccccc1. The van der Waals surface area contributed by atoms with E-state index in [-0.39, 0.29) is 6.54 Å². The molecule has 0 aliphatic carbocycles. The van der Waals surface area contributed by atoms with Gasteiger partial charge in [0.15, 0.2) is 0 Å². The van der Waals surface area contributed by atoms with Crippen LogP contribution in [0.4, 0.5) is 0 Å². The molecule has 1 aliphatic rings. The van der Waals surface area contributed by atoms with Gasteiger partial charge in [0.2, 0.25) is 10.0 Å². The lowest BCUT2D eigenvalue weighted by Gasteiger charge is -2.35. The average Bonchev–Trinajstić information content (AvgIpc) is 2.25. The highest BCUT2D eigenvalue weighted by molar-refractivity contribution is 7.92. The van der Waals surface area contributed by atoms with Gasteiger partial charge in [-0.3, -0.25) is 4.79 Å². The molecule has 1 saturated heterocycles. The van der Waals surface area contributed by atoms with E-state index in [2.05, 4.69) is 0 Å². The lowest BCUT2D eigenvalue weighted by atomic mass is 10.1. The fourth-order valence-corrected chi connectivity index (χ4v) is 3.12. The van der Waals surface area contributed by atoms with E-state index in [0.29, 0.717) is 6.42 Å². The molecule has 96 valence electrons. The number of hydrogen-bond donors (Lipinski definition) is 1. The van der Waals surface area contributed by atoms with Crippen LogP contribution in [-0.2, 0) is 14.8 Å². The molecule has 1 unspecified atom stereocenters. The molecule has 1 heterocycles. The molecule has 0 bridgehead atoms. The van der Waals surface area contributed by atoms with Crippen LogP contribution in [0.3, 0.4) is 0 Å². The van der Waals surface area contributed by atoms with E-state index in [4.69, 9.17) is 5.11 Å². The Hall–Kier alpha value is -1.66. The molecular formula is C12H13NO4S. The van der Waals surface area contributed by atoms with Gasteiger partial charge >= 0.3 is 5.97 Å². The Labute approximate surface area is 105 Å². The van der Waals surface area contributed by atoms with E-state index in [0.717, 1.165) is 15.3 Å². The van der Waals surface area contributed by atoms with Crippen LogP contribution in [0.15, 0.2) is 35.7 Å². The van der Waals surface area contributed by atoms with Gasteiger partial charge in [0.1, 0.15) is 6.04 Å². The first-order chi connectivity index (χ1) is 8.50. The summed E-state index contributed by atoms with van der Waals surface area (Å²) in [5.41, 5.74) is 0.758. The van der Waals surface area contributed by atoms with Crippen molar-refractivity contribution in [1.82, 2.24) is 4.31 Å². The van der Waals surface area contributed by atoms with Crippen molar-refractivity contribution in [2.24, 2.45) is 0 Å². The predicted octanol–water partition coefficient (Wildman–Crippen LogP) is 1.15. The minimum atomic E-state index is -3.64. The molecule has 0 radical (unpaired) electrons. The monoisotopic (exact) mass is 267 g/mol. The summed E-state index contributed by atoms with van der Waals surface area (Å²) < 4.78 is 24.7. The number of carboxylic acids is 1. The highest BCUT2D eigenvalue weighted by Gasteiger charge is 2.40. The fraction of sp³-hybridized carbons (Fsp3) is 0.250. The standard InChI is InChI=1S/C12H13NO4S/c14-12(15)11-6-8-13(11)18(16,17)9-7-10-4-2-1-3-5-10/h1-5,7,9,11H,6,8H2,(H,14,15)/b9-7+. The Balaban J connectivity index is 2.13. The van der Waals surface area contributed by atoms with E-state index >= 15 is 0 Å². The molecule has 1 N–H and O–H groups in total. The van der Waals surface area contributed by atoms with Crippen molar-refractivity contribution in [3.8, 4) is 0 Å². The maximum atomic E-state index is 11.9. The highest BCUT2D eigenvalue weighted by Crippen LogP contribution is 2.23. The van der Waals surface area contributed by atoms with Gasteiger partial charge in [-0.2, -0.15) is 4.31 Å². The molecule has 6 heteroatoms. The fourth-order valence-electron chi connectivity index (χ4n) is 1.72. The van der Waals surface area contributed by atoms with Gasteiger partial charge in [0.25, 0.3) is 0 Å². The Morgan fingerprint density at radius 1 is 1.33 bits per heavy atom. The van der Waals surface area contributed by atoms with Crippen molar-refractivity contribution in [3.05, 3.63) is 41.3 Å². The molecule has 18 heavy (non-hydrogen) atoms. The van der Waals surface area contributed by atoms with Crippen LogP contribution >= 0.6 is 0 Å². The van der Waals surface area contributed by atoms with Crippen LogP contribution in [-0.4, -0.2) is 36.4 Å². The molecule has 2 rings (SSSR count). The van der Waals surface area contributed by atoms with Crippen molar-refractivity contribution < 1.29 is 18.3 Å². The smallest absolute Gasteiger partial charge is 0.322 e. The summed E-state index contributed by atoms with van der Waals surface area (Å²) in [6, 6.07) is 8.07. The van der Waals surface area contributed by atoms with E-state index in [1.54, 1.807) is 24.3 Å². The van der Waals surface area contributed by atoms with Gasteiger partial charge in [0, 0.05) is 12.0 Å². The van der Waals surface area contributed by atoms with Crippen LogP contribution < -0.4 is 0 Å². The second-order valence-electron chi connectivity index (χ2n) is 4.01. The number of aliphatic carboxylic acids is 1.